The number of rotatable bonds is 6. The van der Waals surface area contributed by atoms with Crippen LogP contribution in [0.25, 0.3) is 0 Å². The van der Waals surface area contributed by atoms with E-state index < -0.39 is 0 Å². The minimum absolute atomic E-state index is 0.0601. The summed E-state index contributed by atoms with van der Waals surface area (Å²) in [5.41, 5.74) is 6.58. The first-order valence-electron chi connectivity index (χ1n) is 9.41. The van der Waals surface area contributed by atoms with Crippen molar-refractivity contribution in [2.24, 2.45) is 0 Å². The van der Waals surface area contributed by atoms with E-state index in [1.807, 2.05) is 11.0 Å². The first kappa shape index (κ1) is 19.5. The maximum Gasteiger partial charge on any atom is 0.257 e. The lowest BCUT2D eigenvalue weighted by Gasteiger charge is -2.37. The number of anilines is 2. The molecule has 0 aliphatic carbocycles. The van der Waals surface area contributed by atoms with E-state index in [-0.39, 0.29) is 18.0 Å². The largest absolute Gasteiger partial charge is 0.384 e. The molecular formula is C19H33N5O. The van der Waals surface area contributed by atoms with Crippen LogP contribution in [-0.4, -0.2) is 65.5 Å². The third-order valence-electron chi connectivity index (χ3n) is 4.68. The van der Waals surface area contributed by atoms with Crippen LogP contribution in [0, 0.1) is 0 Å². The number of nitrogen functional groups attached to an aromatic ring is 1. The van der Waals surface area contributed by atoms with Crippen molar-refractivity contribution >= 4 is 17.5 Å². The van der Waals surface area contributed by atoms with Gasteiger partial charge < -0.3 is 15.5 Å². The number of amides is 1. The predicted octanol–water partition coefficient (Wildman–Crippen LogP) is 2.45. The maximum absolute atomic E-state index is 13.1. The molecule has 0 saturated carbocycles. The number of aromatic nitrogens is 1. The molecule has 1 aliphatic rings. The summed E-state index contributed by atoms with van der Waals surface area (Å²) in [5, 5.41) is 0. The number of nitrogens with zero attached hydrogens (tertiary/aromatic N) is 4. The second-order valence-electron chi connectivity index (χ2n) is 7.34. The van der Waals surface area contributed by atoms with Crippen LogP contribution in [0.1, 0.15) is 51.4 Å². The standard InChI is InChI=1S/C19H33N5O/c1-6-9-22-10-12-23(13-11-22)19(25)16-7-8-17(20)21-18(16)24(14(2)3)15(4)5/h7-8,14-15H,6,9-13H2,1-5H3,(H2,20,21). The Labute approximate surface area is 152 Å². The van der Waals surface area contributed by atoms with Crippen molar-refractivity contribution in [3.63, 3.8) is 0 Å². The quantitative estimate of drug-likeness (QED) is 0.856. The minimum atomic E-state index is 0.0601. The number of nitrogens with two attached hydrogens (primary N) is 1. The lowest BCUT2D eigenvalue weighted by molar-refractivity contribution is 0.0637. The number of carbonyl (C=O) groups is 1. The summed E-state index contributed by atoms with van der Waals surface area (Å²) in [6.07, 6.45) is 1.15. The van der Waals surface area contributed by atoms with Gasteiger partial charge in [-0.1, -0.05) is 6.92 Å². The molecule has 1 aromatic rings. The lowest BCUT2D eigenvalue weighted by Crippen LogP contribution is -2.49. The second-order valence-corrected chi connectivity index (χ2v) is 7.34. The minimum Gasteiger partial charge on any atom is -0.384 e. The van der Waals surface area contributed by atoms with Crippen molar-refractivity contribution in [1.82, 2.24) is 14.8 Å². The van der Waals surface area contributed by atoms with Crippen molar-refractivity contribution in [3.8, 4) is 0 Å². The molecule has 1 aliphatic heterocycles. The van der Waals surface area contributed by atoms with Gasteiger partial charge in [-0.2, -0.15) is 0 Å². The van der Waals surface area contributed by atoms with Gasteiger partial charge in [0.25, 0.3) is 5.91 Å². The van der Waals surface area contributed by atoms with E-state index in [0.29, 0.717) is 17.2 Å². The van der Waals surface area contributed by atoms with Crippen molar-refractivity contribution in [3.05, 3.63) is 17.7 Å². The fourth-order valence-electron chi connectivity index (χ4n) is 3.57. The molecule has 0 aromatic carbocycles. The first-order valence-corrected chi connectivity index (χ1v) is 9.41. The Bertz CT molecular complexity index is 571. The zero-order chi connectivity index (χ0) is 18.6. The zero-order valence-corrected chi connectivity index (χ0v) is 16.3. The van der Waals surface area contributed by atoms with Crippen molar-refractivity contribution in [2.45, 2.75) is 53.1 Å². The highest BCUT2D eigenvalue weighted by molar-refractivity contribution is 5.99. The van der Waals surface area contributed by atoms with E-state index in [4.69, 9.17) is 5.73 Å². The molecule has 1 aromatic heterocycles. The molecule has 1 saturated heterocycles. The summed E-state index contributed by atoms with van der Waals surface area (Å²) in [6.45, 7) is 15.2. The number of piperazine rings is 1. The molecular weight excluding hydrogens is 314 g/mol. The van der Waals surface area contributed by atoms with Crippen LogP contribution in [-0.2, 0) is 0 Å². The van der Waals surface area contributed by atoms with Gasteiger partial charge in [-0.3, -0.25) is 9.69 Å². The van der Waals surface area contributed by atoms with E-state index in [9.17, 15) is 4.79 Å². The fraction of sp³-hybridized carbons (Fsp3) is 0.684. The van der Waals surface area contributed by atoms with Crippen LogP contribution in [0.3, 0.4) is 0 Å². The highest BCUT2D eigenvalue weighted by Crippen LogP contribution is 2.25. The van der Waals surface area contributed by atoms with Gasteiger partial charge in [0.05, 0.1) is 5.56 Å². The summed E-state index contributed by atoms with van der Waals surface area (Å²) < 4.78 is 0. The summed E-state index contributed by atoms with van der Waals surface area (Å²) in [5.74, 6) is 1.21. The Balaban J connectivity index is 2.25. The number of carbonyl (C=O) groups excluding carboxylic acids is 1. The molecule has 2 rings (SSSR count). The highest BCUT2D eigenvalue weighted by Gasteiger charge is 2.27. The highest BCUT2D eigenvalue weighted by atomic mass is 16.2. The molecule has 6 heteroatoms. The van der Waals surface area contributed by atoms with Crippen LogP contribution in [0.15, 0.2) is 12.1 Å². The molecule has 1 fully saturated rings. The van der Waals surface area contributed by atoms with E-state index in [1.54, 1.807) is 6.07 Å². The smallest absolute Gasteiger partial charge is 0.257 e. The topological polar surface area (TPSA) is 65.7 Å². The summed E-state index contributed by atoms with van der Waals surface area (Å²) >= 11 is 0. The van der Waals surface area contributed by atoms with Crippen molar-refractivity contribution in [1.29, 1.82) is 0 Å². The van der Waals surface area contributed by atoms with Gasteiger partial charge in [-0.25, -0.2) is 4.98 Å². The van der Waals surface area contributed by atoms with Crippen LogP contribution < -0.4 is 10.6 Å². The molecule has 1 amide bonds. The van der Waals surface area contributed by atoms with Crippen LogP contribution >= 0.6 is 0 Å². The molecule has 0 radical (unpaired) electrons. The SMILES string of the molecule is CCCN1CCN(C(=O)c2ccc(N)nc2N(C(C)C)C(C)C)CC1. The summed E-state index contributed by atoms with van der Waals surface area (Å²) in [6, 6.07) is 4.03. The van der Waals surface area contributed by atoms with Crippen LogP contribution in [0.5, 0.6) is 0 Å². The average molecular weight is 348 g/mol. The number of pyridine rings is 1. The van der Waals surface area contributed by atoms with E-state index in [1.165, 1.54) is 0 Å². The normalized spacial score (nSPS) is 15.9. The predicted molar refractivity (Wildman–Crippen MR) is 104 cm³/mol. The van der Waals surface area contributed by atoms with Gasteiger partial charge in [0, 0.05) is 38.3 Å². The number of hydrogen-bond donors (Lipinski definition) is 1. The molecule has 0 atom stereocenters. The fourth-order valence-corrected chi connectivity index (χ4v) is 3.57. The molecule has 0 bridgehead atoms. The molecule has 140 valence electrons. The second kappa shape index (κ2) is 8.52. The molecule has 0 spiro atoms. The zero-order valence-electron chi connectivity index (χ0n) is 16.3. The van der Waals surface area contributed by atoms with Crippen molar-refractivity contribution in [2.75, 3.05) is 43.4 Å². The van der Waals surface area contributed by atoms with Crippen LogP contribution in [0.2, 0.25) is 0 Å². The Morgan fingerprint density at radius 3 is 2.28 bits per heavy atom. The van der Waals surface area contributed by atoms with Gasteiger partial charge in [-0.15, -0.1) is 0 Å². The molecule has 2 N–H and O–H groups in total. The monoisotopic (exact) mass is 347 g/mol. The first-order chi connectivity index (χ1) is 11.8. The molecule has 0 unspecified atom stereocenters. The van der Waals surface area contributed by atoms with Gasteiger partial charge in [0.2, 0.25) is 0 Å². The van der Waals surface area contributed by atoms with Gasteiger partial charge in [0.1, 0.15) is 11.6 Å². The lowest BCUT2D eigenvalue weighted by atomic mass is 10.1. The van der Waals surface area contributed by atoms with Crippen molar-refractivity contribution < 1.29 is 4.79 Å². The Morgan fingerprint density at radius 2 is 1.76 bits per heavy atom. The Hall–Kier alpha value is -1.82. The molecule has 25 heavy (non-hydrogen) atoms. The van der Waals surface area contributed by atoms with E-state index >= 15 is 0 Å². The third kappa shape index (κ3) is 4.63. The number of hydrogen-bond acceptors (Lipinski definition) is 5. The van der Waals surface area contributed by atoms with Crippen LogP contribution in [0.4, 0.5) is 11.6 Å². The molecule has 2 heterocycles. The molecule has 6 nitrogen and oxygen atoms in total. The maximum atomic E-state index is 13.1. The summed E-state index contributed by atoms with van der Waals surface area (Å²) in [4.78, 5) is 24.2. The van der Waals surface area contributed by atoms with Gasteiger partial charge >= 0.3 is 0 Å². The van der Waals surface area contributed by atoms with Gasteiger partial charge in [0.15, 0.2) is 0 Å². The Kier molecular flexibility index (Phi) is 6.64. The summed E-state index contributed by atoms with van der Waals surface area (Å²) in [7, 11) is 0. The van der Waals surface area contributed by atoms with E-state index in [2.05, 4.69) is 49.4 Å². The van der Waals surface area contributed by atoms with E-state index in [0.717, 1.165) is 39.1 Å². The Morgan fingerprint density at radius 1 is 1.16 bits per heavy atom. The average Bonchev–Trinajstić information content (AvgIpc) is 2.55. The van der Waals surface area contributed by atoms with Gasteiger partial charge in [-0.05, 0) is 52.8 Å². The third-order valence-corrected chi connectivity index (χ3v) is 4.68.